The third-order valence-electron chi connectivity index (χ3n) is 6.22. The SMILES string of the molecule is CC(C)(C)C(=O)NCc1ccc(Cl)c(C(=O)Nc2ccc(OCC(F)(F)F)c(C(=O)NC3CCCCC3)c2)c1. The van der Waals surface area contributed by atoms with Gasteiger partial charge in [0, 0.05) is 23.7 Å². The van der Waals surface area contributed by atoms with Gasteiger partial charge in [0.15, 0.2) is 6.61 Å². The minimum absolute atomic E-state index is 0.0831. The van der Waals surface area contributed by atoms with Crippen LogP contribution >= 0.6 is 11.6 Å². The van der Waals surface area contributed by atoms with E-state index in [2.05, 4.69) is 16.0 Å². The lowest BCUT2D eigenvalue weighted by Gasteiger charge is -2.23. The van der Waals surface area contributed by atoms with E-state index < -0.39 is 30.0 Å². The Morgan fingerprint density at radius 2 is 1.64 bits per heavy atom. The fourth-order valence-electron chi connectivity index (χ4n) is 4.08. The Hall–Kier alpha value is -3.27. The van der Waals surface area contributed by atoms with Crippen molar-refractivity contribution in [2.24, 2.45) is 5.41 Å². The predicted molar refractivity (Wildman–Crippen MR) is 143 cm³/mol. The van der Waals surface area contributed by atoms with Gasteiger partial charge in [-0.25, -0.2) is 0 Å². The molecule has 1 fully saturated rings. The lowest BCUT2D eigenvalue weighted by molar-refractivity contribution is -0.153. The van der Waals surface area contributed by atoms with Crippen LogP contribution in [0.1, 0.15) is 79.2 Å². The smallest absolute Gasteiger partial charge is 0.422 e. The number of benzene rings is 2. The second kappa shape index (κ2) is 12.7. The summed E-state index contributed by atoms with van der Waals surface area (Å²) in [6, 6.07) is 8.52. The van der Waals surface area contributed by atoms with Crippen LogP contribution in [0.5, 0.6) is 5.75 Å². The highest BCUT2D eigenvalue weighted by Gasteiger charge is 2.30. The van der Waals surface area contributed by atoms with Crippen LogP contribution in [-0.4, -0.2) is 36.5 Å². The molecule has 1 saturated carbocycles. The Kier molecular flexibility index (Phi) is 9.88. The van der Waals surface area contributed by atoms with E-state index in [-0.39, 0.29) is 46.1 Å². The first kappa shape index (κ1) is 30.3. The van der Waals surface area contributed by atoms with Crippen molar-refractivity contribution in [1.82, 2.24) is 10.6 Å². The number of hydrogen-bond acceptors (Lipinski definition) is 4. The molecule has 7 nitrogen and oxygen atoms in total. The van der Waals surface area contributed by atoms with Crippen LogP contribution in [0.3, 0.4) is 0 Å². The zero-order valence-corrected chi connectivity index (χ0v) is 22.9. The van der Waals surface area contributed by atoms with Crippen molar-refractivity contribution < 1.29 is 32.3 Å². The predicted octanol–water partition coefficient (Wildman–Crippen LogP) is 6.26. The summed E-state index contributed by atoms with van der Waals surface area (Å²) in [5.74, 6) is -1.57. The van der Waals surface area contributed by atoms with E-state index in [9.17, 15) is 27.6 Å². The Morgan fingerprint density at radius 1 is 0.949 bits per heavy atom. The lowest BCUT2D eigenvalue weighted by Crippen LogP contribution is -2.36. The molecule has 212 valence electrons. The molecule has 0 saturated heterocycles. The third kappa shape index (κ3) is 9.16. The molecule has 1 aliphatic carbocycles. The molecular formula is C28H33ClF3N3O4. The molecule has 0 radical (unpaired) electrons. The molecule has 0 spiro atoms. The maximum atomic E-state index is 13.1. The molecule has 3 N–H and O–H groups in total. The molecule has 0 heterocycles. The van der Waals surface area contributed by atoms with Crippen LogP contribution in [0.15, 0.2) is 36.4 Å². The number of rotatable bonds is 8. The number of hydrogen-bond donors (Lipinski definition) is 3. The van der Waals surface area contributed by atoms with E-state index in [1.165, 1.54) is 30.3 Å². The number of nitrogens with one attached hydrogen (secondary N) is 3. The minimum Gasteiger partial charge on any atom is -0.483 e. The normalized spacial score (nSPS) is 14.4. The zero-order chi connectivity index (χ0) is 28.8. The summed E-state index contributed by atoms with van der Waals surface area (Å²) in [5, 5.41) is 8.48. The van der Waals surface area contributed by atoms with Gasteiger partial charge in [-0.05, 0) is 48.7 Å². The molecule has 2 aromatic carbocycles. The first-order chi connectivity index (χ1) is 18.2. The van der Waals surface area contributed by atoms with Crippen LogP contribution in [-0.2, 0) is 11.3 Å². The monoisotopic (exact) mass is 567 g/mol. The Balaban J connectivity index is 1.79. The molecule has 39 heavy (non-hydrogen) atoms. The Labute approximate surface area is 230 Å². The van der Waals surface area contributed by atoms with Crippen molar-refractivity contribution in [3.63, 3.8) is 0 Å². The van der Waals surface area contributed by atoms with Gasteiger partial charge in [0.1, 0.15) is 5.75 Å². The van der Waals surface area contributed by atoms with Gasteiger partial charge in [-0.1, -0.05) is 57.7 Å². The molecule has 11 heteroatoms. The topological polar surface area (TPSA) is 96.5 Å². The number of ether oxygens (including phenoxy) is 1. The van der Waals surface area contributed by atoms with E-state index in [4.69, 9.17) is 16.3 Å². The quantitative estimate of drug-likeness (QED) is 0.351. The van der Waals surface area contributed by atoms with Gasteiger partial charge < -0.3 is 20.7 Å². The second-order valence-corrected chi connectivity index (χ2v) is 11.0. The summed E-state index contributed by atoms with van der Waals surface area (Å²) in [7, 11) is 0. The molecular weight excluding hydrogens is 535 g/mol. The number of amides is 3. The molecule has 3 rings (SSSR count). The summed E-state index contributed by atoms with van der Waals surface area (Å²) in [4.78, 5) is 38.3. The number of carbonyl (C=O) groups excluding carboxylic acids is 3. The molecule has 3 amide bonds. The summed E-state index contributed by atoms with van der Waals surface area (Å²) < 4.78 is 43.3. The number of alkyl halides is 3. The van der Waals surface area contributed by atoms with E-state index >= 15 is 0 Å². The van der Waals surface area contributed by atoms with Crippen molar-refractivity contribution in [2.75, 3.05) is 11.9 Å². The maximum absolute atomic E-state index is 13.1. The molecule has 2 aromatic rings. The highest BCUT2D eigenvalue weighted by atomic mass is 35.5. The van der Waals surface area contributed by atoms with Gasteiger partial charge in [-0.3, -0.25) is 14.4 Å². The van der Waals surface area contributed by atoms with Gasteiger partial charge in [-0.15, -0.1) is 0 Å². The van der Waals surface area contributed by atoms with E-state index in [0.29, 0.717) is 5.56 Å². The van der Waals surface area contributed by atoms with Gasteiger partial charge in [0.25, 0.3) is 11.8 Å². The van der Waals surface area contributed by atoms with Crippen LogP contribution in [0.4, 0.5) is 18.9 Å². The van der Waals surface area contributed by atoms with Gasteiger partial charge >= 0.3 is 6.18 Å². The van der Waals surface area contributed by atoms with Gasteiger partial charge in [0.05, 0.1) is 16.1 Å². The molecule has 0 aromatic heterocycles. The van der Waals surface area contributed by atoms with Gasteiger partial charge in [0.2, 0.25) is 5.91 Å². The summed E-state index contributed by atoms with van der Waals surface area (Å²) in [6.45, 7) is 3.98. The molecule has 0 bridgehead atoms. The van der Waals surface area contributed by atoms with Crippen LogP contribution in [0.2, 0.25) is 5.02 Å². The highest BCUT2D eigenvalue weighted by Crippen LogP contribution is 2.28. The van der Waals surface area contributed by atoms with Crippen molar-refractivity contribution in [2.45, 2.75) is 71.6 Å². The van der Waals surface area contributed by atoms with Crippen LogP contribution in [0, 0.1) is 5.41 Å². The van der Waals surface area contributed by atoms with E-state index in [0.717, 1.165) is 32.1 Å². The lowest BCUT2D eigenvalue weighted by atomic mass is 9.95. The van der Waals surface area contributed by atoms with Crippen LogP contribution < -0.4 is 20.7 Å². The standard InChI is InChI=1S/C28H33ClF3N3O4/c1-27(2,3)26(38)33-15-17-9-11-22(29)20(13-17)24(36)35-19-10-12-23(39-16-28(30,31)32)21(14-19)25(37)34-18-7-5-4-6-8-18/h9-14,18H,4-8,15-16H2,1-3H3,(H,33,38)(H,34,37)(H,35,36). The second-order valence-electron chi connectivity index (χ2n) is 10.6. The molecule has 0 unspecified atom stereocenters. The fraction of sp³-hybridized carbons (Fsp3) is 0.464. The fourth-order valence-corrected chi connectivity index (χ4v) is 4.29. The van der Waals surface area contributed by atoms with Crippen molar-refractivity contribution in [3.8, 4) is 5.75 Å². The first-order valence-corrected chi connectivity index (χ1v) is 13.1. The highest BCUT2D eigenvalue weighted by molar-refractivity contribution is 6.34. The summed E-state index contributed by atoms with van der Waals surface area (Å²) in [5.41, 5.74) is 0.252. The average Bonchev–Trinajstić information content (AvgIpc) is 2.86. The van der Waals surface area contributed by atoms with Crippen molar-refractivity contribution in [3.05, 3.63) is 58.1 Å². The third-order valence-corrected chi connectivity index (χ3v) is 6.55. The van der Waals surface area contributed by atoms with Crippen molar-refractivity contribution >= 4 is 35.0 Å². The van der Waals surface area contributed by atoms with Crippen molar-refractivity contribution in [1.29, 1.82) is 0 Å². The Morgan fingerprint density at radius 3 is 2.28 bits per heavy atom. The van der Waals surface area contributed by atoms with E-state index in [1.807, 2.05) is 0 Å². The number of anilines is 1. The summed E-state index contributed by atoms with van der Waals surface area (Å²) >= 11 is 6.25. The van der Waals surface area contributed by atoms with Gasteiger partial charge in [-0.2, -0.15) is 13.2 Å². The largest absolute Gasteiger partial charge is 0.483 e. The minimum atomic E-state index is -4.59. The molecule has 1 aliphatic rings. The zero-order valence-electron chi connectivity index (χ0n) is 22.1. The maximum Gasteiger partial charge on any atom is 0.422 e. The Bertz CT molecular complexity index is 1210. The molecule has 0 atom stereocenters. The van der Waals surface area contributed by atoms with Crippen LogP contribution in [0.25, 0.3) is 0 Å². The average molecular weight is 568 g/mol. The molecule has 0 aliphatic heterocycles. The number of halogens is 4. The summed E-state index contributed by atoms with van der Waals surface area (Å²) in [6.07, 6.45) is -0.0348. The first-order valence-electron chi connectivity index (χ1n) is 12.8. The van der Waals surface area contributed by atoms with E-state index in [1.54, 1.807) is 26.8 Å². The number of carbonyl (C=O) groups is 3.